The normalized spacial score (nSPS) is 12.5. The van der Waals surface area contributed by atoms with E-state index in [1.807, 2.05) is 18.2 Å². The van der Waals surface area contributed by atoms with E-state index in [4.69, 9.17) is 15.2 Å². The summed E-state index contributed by atoms with van der Waals surface area (Å²) in [7, 11) is 3.18. The Labute approximate surface area is 135 Å². The lowest BCUT2D eigenvalue weighted by atomic mass is 10.2. The van der Waals surface area contributed by atoms with E-state index < -0.39 is 0 Å². The molecule has 2 rings (SSSR count). The lowest BCUT2D eigenvalue weighted by molar-refractivity contribution is 0.0286. The minimum Gasteiger partial charge on any atom is -0.397 e. The first-order chi connectivity index (χ1) is 10.1. The number of fused-ring (bicyclic) bond motifs is 1. The Morgan fingerprint density at radius 1 is 1.48 bits per heavy atom. The van der Waals surface area contributed by atoms with Crippen LogP contribution in [0.1, 0.15) is 9.67 Å². The molecule has 3 N–H and O–H groups in total. The maximum Gasteiger partial charge on any atom is 0.263 e. The summed E-state index contributed by atoms with van der Waals surface area (Å²) in [4.78, 5) is 12.8. The van der Waals surface area contributed by atoms with Crippen molar-refractivity contribution < 1.29 is 14.3 Å². The van der Waals surface area contributed by atoms with Crippen LogP contribution in [0.25, 0.3) is 10.1 Å². The van der Waals surface area contributed by atoms with Crippen LogP contribution in [0.4, 0.5) is 5.69 Å². The molecule has 0 saturated heterocycles. The second-order valence-corrected chi connectivity index (χ2v) is 6.48. The molecule has 0 aliphatic carbocycles. The molecule has 0 bridgehead atoms. The SMILES string of the molecule is COCC(CNC(=O)c1sc2ccc(Br)cc2c1N)OC. The summed E-state index contributed by atoms with van der Waals surface area (Å²) >= 11 is 4.79. The van der Waals surface area contributed by atoms with Crippen molar-refractivity contribution in [3.8, 4) is 0 Å². The molecule has 1 heterocycles. The van der Waals surface area contributed by atoms with E-state index >= 15 is 0 Å². The zero-order valence-corrected chi connectivity index (χ0v) is 14.2. The highest BCUT2D eigenvalue weighted by molar-refractivity contribution is 9.10. The van der Waals surface area contributed by atoms with Gasteiger partial charge in [-0.2, -0.15) is 0 Å². The van der Waals surface area contributed by atoms with Crippen LogP contribution in [-0.2, 0) is 9.47 Å². The van der Waals surface area contributed by atoms with Gasteiger partial charge in [0, 0.05) is 35.3 Å². The van der Waals surface area contributed by atoms with Crippen LogP contribution in [0.3, 0.4) is 0 Å². The summed E-state index contributed by atoms with van der Waals surface area (Å²) in [5, 5.41) is 3.71. The van der Waals surface area contributed by atoms with Crippen molar-refractivity contribution in [2.75, 3.05) is 33.1 Å². The standard InChI is InChI=1S/C14H17BrN2O3S/c1-19-7-9(20-2)6-17-14(18)13-12(16)10-5-8(15)3-4-11(10)21-13/h3-5,9H,6-7,16H2,1-2H3,(H,17,18). The summed E-state index contributed by atoms with van der Waals surface area (Å²) in [6.07, 6.45) is -0.177. The van der Waals surface area contributed by atoms with Gasteiger partial charge in [-0.25, -0.2) is 0 Å². The fourth-order valence-electron chi connectivity index (χ4n) is 1.94. The van der Waals surface area contributed by atoms with Crippen LogP contribution in [-0.4, -0.2) is 39.4 Å². The maximum absolute atomic E-state index is 12.3. The molecule has 1 amide bonds. The van der Waals surface area contributed by atoms with Gasteiger partial charge in [-0.05, 0) is 18.2 Å². The van der Waals surface area contributed by atoms with Gasteiger partial charge in [0.15, 0.2) is 0 Å². The minimum atomic E-state index is -0.192. The van der Waals surface area contributed by atoms with E-state index in [0.29, 0.717) is 23.7 Å². The number of rotatable bonds is 6. The zero-order chi connectivity index (χ0) is 15.4. The van der Waals surface area contributed by atoms with Crippen LogP contribution in [0.5, 0.6) is 0 Å². The molecule has 2 aromatic rings. The van der Waals surface area contributed by atoms with Crippen molar-refractivity contribution in [1.29, 1.82) is 0 Å². The van der Waals surface area contributed by atoms with Gasteiger partial charge in [0.05, 0.1) is 18.4 Å². The van der Waals surface area contributed by atoms with Crippen LogP contribution in [0, 0.1) is 0 Å². The number of methoxy groups -OCH3 is 2. The lowest BCUT2D eigenvalue weighted by Gasteiger charge is -2.14. The number of nitrogens with two attached hydrogens (primary N) is 1. The Balaban J connectivity index is 2.14. The number of amides is 1. The summed E-state index contributed by atoms with van der Waals surface area (Å²) in [6, 6.07) is 5.79. The number of anilines is 1. The van der Waals surface area contributed by atoms with E-state index in [1.165, 1.54) is 11.3 Å². The molecule has 1 atom stereocenters. The van der Waals surface area contributed by atoms with Gasteiger partial charge in [-0.1, -0.05) is 15.9 Å². The van der Waals surface area contributed by atoms with Gasteiger partial charge in [0.25, 0.3) is 5.91 Å². The van der Waals surface area contributed by atoms with Gasteiger partial charge in [0.2, 0.25) is 0 Å². The average molecular weight is 373 g/mol. The zero-order valence-electron chi connectivity index (χ0n) is 11.8. The van der Waals surface area contributed by atoms with Crippen molar-refractivity contribution >= 4 is 48.9 Å². The van der Waals surface area contributed by atoms with E-state index in [-0.39, 0.29) is 12.0 Å². The van der Waals surface area contributed by atoms with Crippen molar-refractivity contribution in [3.05, 3.63) is 27.5 Å². The van der Waals surface area contributed by atoms with Crippen molar-refractivity contribution in [3.63, 3.8) is 0 Å². The highest BCUT2D eigenvalue weighted by Gasteiger charge is 2.17. The predicted molar refractivity (Wildman–Crippen MR) is 88.9 cm³/mol. The quantitative estimate of drug-likeness (QED) is 0.817. The molecule has 0 radical (unpaired) electrons. The number of thiophene rings is 1. The summed E-state index contributed by atoms with van der Waals surface area (Å²) < 4.78 is 12.1. The molecule has 7 heteroatoms. The molecule has 0 aliphatic rings. The number of carbonyl (C=O) groups excluding carboxylic acids is 1. The van der Waals surface area contributed by atoms with Crippen LogP contribution in [0.2, 0.25) is 0 Å². The molecule has 114 valence electrons. The highest BCUT2D eigenvalue weighted by atomic mass is 79.9. The fourth-order valence-corrected chi connectivity index (χ4v) is 3.32. The Hall–Kier alpha value is -1.15. The molecule has 1 unspecified atom stereocenters. The predicted octanol–water partition coefficient (Wildman–Crippen LogP) is 2.64. The van der Waals surface area contributed by atoms with E-state index in [9.17, 15) is 4.79 Å². The number of hydrogen-bond acceptors (Lipinski definition) is 5. The summed E-state index contributed by atoms with van der Waals surface area (Å²) in [5.41, 5.74) is 6.59. The summed E-state index contributed by atoms with van der Waals surface area (Å²) in [6.45, 7) is 0.798. The van der Waals surface area contributed by atoms with E-state index in [1.54, 1.807) is 14.2 Å². The van der Waals surface area contributed by atoms with Crippen LogP contribution >= 0.6 is 27.3 Å². The van der Waals surface area contributed by atoms with Gasteiger partial charge in [-0.15, -0.1) is 11.3 Å². The van der Waals surface area contributed by atoms with Crippen LogP contribution in [0.15, 0.2) is 22.7 Å². The molecule has 1 aromatic heterocycles. The number of hydrogen-bond donors (Lipinski definition) is 2. The summed E-state index contributed by atoms with van der Waals surface area (Å²) in [5.74, 6) is -0.192. The van der Waals surface area contributed by atoms with Gasteiger partial charge >= 0.3 is 0 Å². The number of halogens is 1. The maximum atomic E-state index is 12.3. The van der Waals surface area contributed by atoms with Gasteiger partial charge in [-0.3, -0.25) is 4.79 Å². The van der Waals surface area contributed by atoms with E-state index in [0.717, 1.165) is 14.6 Å². The first-order valence-electron chi connectivity index (χ1n) is 6.34. The third-order valence-corrected chi connectivity index (χ3v) is 4.75. The molecule has 5 nitrogen and oxygen atoms in total. The Kier molecular flexibility index (Phi) is 5.58. The third kappa shape index (κ3) is 3.74. The molecular formula is C14H17BrN2O3S. The van der Waals surface area contributed by atoms with Crippen molar-refractivity contribution in [2.45, 2.75) is 6.10 Å². The second-order valence-electron chi connectivity index (χ2n) is 4.51. The molecular weight excluding hydrogens is 356 g/mol. The molecule has 21 heavy (non-hydrogen) atoms. The van der Waals surface area contributed by atoms with Crippen molar-refractivity contribution in [2.24, 2.45) is 0 Å². The average Bonchev–Trinajstić information content (AvgIpc) is 2.80. The highest BCUT2D eigenvalue weighted by Crippen LogP contribution is 2.35. The monoisotopic (exact) mass is 372 g/mol. The topological polar surface area (TPSA) is 73.6 Å². The third-order valence-electron chi connectivity index (χ3n) is 3.07. The Bertz CT molecular complexity index is 644. The Morgan fingerprint density at radius 3 is 2.90 bits per heavy atom. The number of ether oxygens (including phenoxy) is 2. The molecule has 0 aliphatic heterocycles. The number of carbonyl (C=O) groups is 1. The minimum absolute atomic E-state index is 0.177. The lowest BCUT2D eigenvalue weighted by Crippen LogP contribution is -2.35. The second kappa shape index (κ2) is 7.22. The number of nitrogen functional groups attached to an aromatic ring is 1. The fraction of sp³-hybridized carbons (Fsp3) is 0.357. The molecule has 1 aromatic carbocycles. The smallest absolute Gasteiger partial charge is 0.263 e. The number of benzene rings is 1. The van der Waals surface area contributed by atoms with E-state index in [2.05, 4.69) is 21.2 Å². The van der Waals surface area contributed by atoms with Gasteiger partial charge in [0.1, 0.15) is 4.88 Å². The molecule has 0 fully saturated rings. The first-order valence-corrected chi connectivity index (χ1v) is 7.95. The first kappa shape index (κ1) is 16.2. The van der Waals surface area contributed by atoms with Gasteiger partial charge < -0.3 is 20.5 Å². The molecule has 0 spiro atoms. The largest absolute Gasteiger partial charge is 0.397 e. The Morgan fingerprint density at radius 2 is 2.24 bits per heavy atom. The molecule has 0 saturated carbocycles. The number of nitrogens with one attached hydrogen (secondary N) is 1. The van der Waals surface area contributed by atoms with Crippen molar-refractivity contribution in [1.82, 2.24) is 5.32 Å². The van der Waals surface area contributed by atoms with Crippen LogP contribution < -0.4 is 11.1 Å².